The Balaban J connectivity index is 1.84. The van der Waals surface area contributed by atoms with Gasteiger partial charge in [-0.1, -0.05) is 24.3 Å². The highest BCUT2D eigenvalue weighted by molar-refractivity contribution is 6.35. The molecule has 0 aliphatic rings. The van der Waals surface area contributed by atoms with Crippen LogP contribution in [0.5, 0.6) is 0 Å². The van der Waals surface area contributed by atoms with Gasteiger partial charge in [0.15, 0.2) is 0 Å². The largest absolute Gasteiger partial charge is 0.378 e. The highest BCUT2D eigenvalue weighted by Gasteiger charge is 2.18. The molecule has 2 aromatic carbocycles. The molecule has 0 aromatic heterocycles. The second kappa shape index (κ2) is 10.6. The van der Waals surface area contributed by atoms with E-state index in [0.717, 1.165) is 16.8 Å². The molecule has 0 bridgehead atoms. The smallest absolute Gasteiger partial charge is 0.309 e. The Morgan fingerprint density at radius 3 is 2.03 bits per heavy atom. The van der Waals surface area contributed by atoms with Crippen LogP contribution in [0, 0.1) is 5.82 Å². The van der Waals surface area contributed by atoms with E-state index in [1.807, 2.05) is 62.3 Å². The molecule has 2 rings (SSSR count). The lowest BCUT2D eigenvalue weighted by molar-refractivity contribution is -0.139. The predicted molar refractivity (Wildman–Crippen MR) is 113 cm³/mol. The van der Waals surface area contributed by atoms with Crippen molar-refractivity contribution in [3.63, 3.8) is 0 Å². The maximum Gasteiger partial charge on any atom is 0.309 e. The van der Waals surface area contributed by atoms with Crippen LogP contribution in [-0.4, -0.2) is 58.0 Å². The summed E-state index contributed by atoms with van der Waals surface area (Å²) in [6, 6.07) is 14.1. The number of carbonyl (C=O) groups is 2. The van der Waals surface area contributed by atoms with Crippen LogP contribution in [0.1, 0.15) is 17.2 Å². The quantitative estimate of drug-likeness (QED) is 0.665. The van der Waals surface area contributed by atoms with Crippen molar-refractivity contribution in [1.82, 2.24) is 15.5 Å². The Morgan fingerprint density at radius 2 is 1.48 bits per heavy atom. The number of hydrogen-bond acceptors (Lipinski definition) is 4. The van der Waals surface area contributed by atoms with Crippen molar-refractivity contribution in [1.29, 1.82) is 0 Å². The number of rotatable bonds is 8. The standard InChI is InChI=1S/C22H29FN4O2/c1-26(2)19-11-7-17(8-12-19)20(27(3)4)15-25-22(29)21(28)24-14-13-16-5-9-18(23)10-6-16/h5-12,20H,13-15H2,1-4H3,(H,24,28)(H,25,29)/t20-/m1/s1. The first-order valence-electron chi connectivity index (χ1n) is 9.52. The second-order valence-electron chi connectivity index (χ2n) is 7.31. The van der Waals surface area contributed by atoms with E-state index >= 15 is 0 Å². The summed E-state index contributed by atoms with van der Waals surface area (Å²) in [5, 5.41) is 5.30. The number of amides is 2. The third kappa shape index (κ3) is 6.87. The van der Waals surface area contributed by atoms with Crippen LogP contribution in [0.4, 0.5) is 10.1 Å². The molecule has 0 aliphatic heterocycles. The van der Waals surface area contributed by atoms with Gasteiger partial charge < -0.3 is 20.4 Å². The van der Waals surface area contributed by atoms with Gasteiger partial charge in [-0.3, -0.25) is 9.59 Å². The average molecular weight is 400 g/mol. The van der Waals surface area contributed by atoms with E-state index < -0.39 is 11.8 Å². The Kier molecular flexibility index (Phi) is 8.15. The van der Waals surface area contributed by atoms with E-state index in [4.69, 9.17) is 0 Å². The third-order valence-electron chi connectivity index (χ3n) is 4.69. The molecule has 29 heavy (non-hydrogen) atoms. The Labute approximate surface area is 171 Å². The fourth-order valence-corrected chi connectivity index (χ4v) is 2.91. The molecule has 0 unspecified atom stereocenters. The first-order chi connectivity index (χ1) is 13.8. The summed E-state index contributed by atoms with van der Waals surface area (Å²) in [5.41, 5.74) is 3.04. The van der Waals surface area contributed by atoms with Crippen molar-refractivity contribution in [2.45, 2.75) is 12.5 Å². The SMILES string of the molecule is CN(C)c1ccc([C@@H](CNC(=O)C(=O)NCCc2ccc(F)cc2)N(C)C)cc1. The molecule has 0 radical (unpaired) electrons. The van der Waals surface area contributed by atoms with E-state index in [-0.39, 0.29) is 11.9 Å². The first kappa shape index (κ1) is 22.4. The summed E-state index contributed by atoms with van der Waals surface area (Å²) in [6.07, 6.45) is 0.526. The van der Waals surface area contributed by atoms with Gasteiger partial charge in [0.2, 0.25) is 0 Å². The van der Waals surface area contributed by atoms with Gasteiger partial charge in [-0.15, -0.1) is 0 Å². The molecule has 2 amide bonds. The van der Waals surface area contributed by atoms with Crippen LogP contribution < -0.4 is 15.5 Å². The molecule has 0 saturated carbocycles. The minimum Gasteiger partial charge on any atom is -0.378 e. The first-order valence-corrected chi connectivity index (χ1v) is 9.52. The molecule has 2 N–H and O–H groups in total. The maximum absolute atomic E-state index is 12.9. The molecule has 156 valence electrons. The molecule has 7 heteroatoms. The third-order valence-corrected chi connectivity index (χ3v) is 4.69. The number of anilines is 1. The highest BCUT2D eigenvalue weighted by atomic mass is 19.1. The van der Waals surface area contributed by atoms with E-state index in [2.05, 4.69) is 10.6 Å². The fraction of sp³-hybridized carbons (Fsp3) is 0.364. The lowest BCUT2D eigenvalue weighted by Crippen LogP contribution is -2.43. The number of benzene rings is 2. The number of nitrogens with one attached hydrogen (secondary N) is 2. The Morgan fingerprint density at radius 1 is 0.897 bits per heavy atom. The molecule has 0 aliphatic carbocycles. The van der Waals surface area contributed by atoms with Crippen molar-refractivity contribution in [3.05, 3.63) is 65.5 Å². The summed E-state index contributed by atoms with van der Waals surface area (Å²) in [5.74, 6) is -1.64. The molecule has 0 heterocycles. The molecule has 0 fully saturated rings. The molecule has 1 atom stereocenters. The van der Waals surface area contributed by atoms with Gasteiger partial charge in [0.25, 0.3) is 0 Å². The Hall–Kier alpha value is -2.93. The van der Waals surface area contributed by atoms with Gasteiger partial charge in [0.05, 0.1) is 6.04 Å². The van der Waals surface area contributed by atoms with Crippen LogP contribution in [0.15, 0.2) is 48.5 Å². The van der Waals surface area contributed by atoms with Crippen molar-refractivity contribution in [2.75, 3.05) is 46.2 Å². The monoisotopic (exact) mass is 400 g/mol. The van der Waals surface area contributed by atoms with Gasteiger partial charge in [0, 0.05) is 32.9 Å². The number of likely N-dealkylation sites (N-methyl/N-ethyl adjacent to an activating group) is 1. The van der Waals surface area contributed by atoms with E-state index in [1.165, 1.54) is 12.1 Å². The van der Waals surface area contributed by atoms with Crippen molar-refractivity contribution >= 4 is 17.5 Å². The van der Waals surface area contributed by atoms with Crippen LogP contribution in [0.3, 0.4) is 0 Å². The van der Waals surface area contributed by atoms with Gasteiger partial charge in [-0.2, -0.15) is 0 Å². The minimum absolute atomic E-state index is 0.0535. The molecule has 0 saturated heterocycles. The summed E-state index contributed by atoms with van der Waals surface area (Å²) < 4.78 is 12.9. The molecule has 0 spiro atoms. The Bertz CT molecular complexity index is 805. The normalized spacial score (nSPS) is 11.8. The van der Waals surface area contributed by atoms with Crippen LogP contribution in [0.25, 0.3) is 0 Å². The molecular weight excluding hydrogens is 371 g/mol. The topological polar surface area (TPSA) is 64.7 Å². The zero-order chi connectivity index (χ0) is 21.4. The molecule has 2 aromatic rings. The number of nitrogens with zero attached hydrogens (tertiary/aromatic N) is 2. The summed E-state index contributed by atoms with van der Waals surface area (Å²) in [6.45, 7) is 0.625. The fourth-order valence-electron chi connectivity index (χ4n) is 2.91. The number of halogens is 1. The van der Waals surface area contributed by atoms with Crippen LogP contribution in [-0.2, 0) is 16.0 Å². The maximum atomic E-state index is 12.9. The van der Waals surface area contributed by atoms with Gasteiger partial charge in [-0.25, -0.2) is 4.39 Å². The van der Waals surface area contributed by atoms with Gasteiger partial charge in [-0.05, 0) is 55.9 Å². The second-order valence-corrected chi connectivity index (χ2v) is 7.31. The lowest BCUT2D eigenvalue weighted by Gasteiger charge is -2.25. The summed E-state index contributed by atoms with van der Waals surface area (Å²) >= 11 is 0. The van der Waals surface area contributed by atoms with Crippen LogP contribution >= 0.6 is 0 Å². The van der Waals surface area contributed by atoms with Gasteiger partial charge in [0.1, 0.15) is 5.82 Å². The zero-order valence-corrected chi connectivity index (χ0v) is 17.4. The minimum atomic E-state index is -0.674. The number of hydrogen-bond donors (Lipinski definition) is 2. The average Bonchev–Trinajstić information content (AvgIpc) is 2.69. The molecule has 6 nitrogen and oxygen atoms in total. The summed E-state index contributed by atoms with van der Waals surface area (Å²) in [7, 11) is 7.82. The van der Waals surface area contributed by atoms with Crippen LogP contribution in [0.2, 0.25) is 0 Å². The number of carbonyl (C=O) groups excluding carboxylic acids is 2. The lowest BCUT2D eigenvalue weighted by atomic mass is 10.1. The van der Waals surface area contributed by atoms with E-state index in [9.17, 15) is 14.0 Å². The van der Waals surface area contributed by atoms with Crippen molar-refractivity contribution in [3.8, 4) is 0 Å². The van der Waals surface area contributed by atoms with E-state index in [1.54, 1.807) is 12.1 Å². The van der Waals surface area contributed by atoms with E-state index in [0.29, 0.717) is 19.5 Å². The molecular formula is C22H29FN4O2. The van der Waals surface area contributed by atoms with Crippen molar-refractivity contribution in [2.24, 2.45) is 0 Å². The zero-order valence-electron chi connectivity index (χ0n) is 17.4. The highest BCUT2D eigenvalue weighted by Crippen LogP contribution is 2.20. The summed E-state index contributed by atoms with van der Waals surface area (Å²) in [4.78, 5) is 28.2. The van der Waals surface area contributed by atoms with Gasteiger partial charge >= 0.3 is 11.8 Å². The predicted octanol–water partition coefficient (Wildman–Crippen LogP) is 1.97. The van der Waals surface area contributed by atoms with Crippen molar-refractivity contribution < 1.29 is 14.0 Å².